The molecule has 1 aromatic rings. The van der Waals surface area contributed by atoms with Gasteiger partial charge in [-0.15, -0.1) is 0 Å². The van der Waals surface area contributed by atoms with Crippen molar-refractivity contribution in [3.8, 4) is 0 Å². The molecule has 1 aromatic carbocycles. The lowest BCUT2D eigenvalue weighted by Gasteiger charge is -2.35. The molecule has 0 aliphatic heterocycles. The molecule has 1 atom stereocenters. The van der Waals surface area contributed by atoms with E-state index in [0.717, 1.165) is 25.1 Å². The smallest absolute Gasteiger partial charge is 0.329 e. The van der Waals surface area contributed by atoms with Gasteiger partial charge in [-0.3, -0.25) is 0 Å². The fourth-order valence-corrected chi connectivity index (χ4v) is 2.44. The highest BCUT2D eigenvalue weighted by Crippen LogP contribution is 2.23. The Morgan fingerprint density at radius 3 is 2.24 bits per heavy atom. The van der Waals surface area contributed by atoms with Crippen molar-refractivity contribution in [2.24, 2.45) is 5.92 Å². The van der Waals surface area contributed by atoms with Crippen molar-refractivity contribution in [2.45, 2.75) is 59.6 Å². The highest BCUT2D eigenvalue weighted by atomic mass is 16.5. The van der Waals surface area contributed by atoms with Crippen LogP contribution in [0.3, 0.4) is 0 Å². The number of para-hydroxylation sites is 1. The number of rotatable bonds is 8. The van der Waals surface area contributed by atoms with Crippen molar-refractivity contribution in [3.05, 3.63) is 30.3 Å². The third kappa shape index (κ3) is 5.41. The van der Waals surface area contributed by atoms with Gasteiger partial charge in [-0.05, 0) is 38.3 Å². The Balaban J connectivity index is 3.03. The molecule has 0 saturated heterocycles. The Bertz CT molecular complexity index is 414. The highest BCUT2D eigenvalue weighted by Gasteiger charge is 2.30. The van der Waals surface area contributed by atoms with Gasteiger partial charge in [0.25, 0.3) is 0 Å². The first-order valence-electron chi connectivity index (χ1n) is 7.99. The molecule has 0 bridgehead atoms. The molecule has 3 heteroatoms. The van der Waals surface area contributed by atoms with Crippen LogP contribution >= 0.6 is 0 Å². The summed E-state index contributed by atoms with van der Waals surface area (Å²) in [5, 5.41) is 0. The first kappa shape index (κ1) is 17.5. The van der Waals surface area contributed by atoms with E-state index in [-0.39, 0.29) is 24.0 Å². The molecule has 0 aliphatic carbocycles. The van der Waals surface area contributed by atoms with Crippen molar-refractivity contribution < 1.29 is 9.53 Å². The monoisotopic (exact) mass is 291 g/mol. The number of hydrogen-bond acceptors (Lipinski definition) is 3. The minimum absolute atomic E-state index is 0.0810. The molecule has 3 nitrogen and oxygen atoms in total. The summed E-state index contributed by atoms with van der Waals surface area (Å²) < 4.78 is 5.48. The summed E-state index contributed by atoms with van der Waals surface area (Å²) in [5.74, 6) is 0.0771. The second-order valence-electron chi connectivity index (χ2n) is 6.06. The zero-order chi connectivity index (χ0) is 15.8. The summed E-state index contributed by atoms with van der Waals surface area (Å²) in [7, 11) is 0. The van der Waals surface area contributed by atoms with Crippen LogP contribution in [-0.2, 0) is 9.53 Å². The molecular formula is C18H29NO2. The van der Waals surface area contributed by atoms with Crippen molar-refractivity contribution in [1.82, 2.24) is 0 Å². The number of ether oxygens (including phenoxy) is 1. The maximum atomic E-state index is 12.5. The summed E-state index contributed by atoms with van der Waals surface area (Å²) in [4.78, 5) is 14.7. The van der Waals surface area contributed by atoms with Gasteiger partial charge in [-0.2, -0.15) is 0 Å². The van der Waals surface area contributed by atoms with Gasteiger partial charge in [-0.1, -0.05) is 45.4 Å². The summed E-state index contributed by atoms with van der Waals surface area (Å²) >= 11 is 0. The summed E-state index contributed by atoms with van der Waals surface area (Å²) in [6.07, 6.45) is 2.09. The molecular weight excluding hydrogens is 262 g/mol. The number of unbranched alkanes of at least 4 members (excludes halogenated alkanes) is 1. The molecule has 0 spiro atoms. The lowest BCUT2D eigenvalue weighted by atomic mass is 10.0. The SMILES string of the molecule is CCCCN(c1ccccc1)C(C(=O)OC(C)C)C(C)C. The fraction of sp³-hybridized carbons (Fsp3) is 0.611. The average molecular weight is 291 g/mol. The molecule has 0 aromatic heterocycles. The van der Waals surface area contributed by atoms with Crippen LogP contribution in [0, 0.1) is 5.92 Å². The summed E-state index contributed by atoms with van der Waals surface area (Å²) in [6, 6.07) is 9.92. The van der Waals surface area contributed by atoms with Crippen LogP contribution in [0.4, 0.5) is 5.69 Å². The molecule has 0 fully saturated rings. The average Bonchev–Trinajstić information content (AvgIpc) is 2.42. The number of carbonyl (C=O) groups excluding carboxylic acids is 1. The third-order valence-electron chi connectivity index (χ3n) is 3.40. The number of carbonyl (C=O) groups is 1. The van der Waals surface area contributed by atoms with Gasteiger partial charge in [0.1, 0.15) is 6.04 Å². The van der Waals surface area contributed by atoms with E-state index in [1.165, 1.54) is 0 Å². The van der Waals surface area contributed by atoms with Gasteiger partial charge >= 0.3 is 5.97 Å². The normalized spacial score (nSPS) is 12.5. The highest BCUT2D eigenvalue weighted by molar-refractivity contribution is 5.80. The third-order valence-corrected chi connectivity index (χ3v) is 3.40. The molecule has 0 radical (unpaired) electrons. The van der Waals surface area contributed by atoms with Gasteiger partial charge in [0, 0.05) is 12.2 Å². The van der Waals surface area contributed by atoms with E-state index in [9.17, 15) is 4.79 Å². The predicted octanol–water partition coefficient (Wildman–Crippen LogP) is 4.27. The van der Waals surface area contributed by atoms with Crippen molar-refractivity contribution in [2.75, 3.05) is 11.4 Å². The first-order valence-corrected chi connectivity index (χ1v) is 7.99. The molecule has 0 N–H and O–H groups in total. The fourth-order valence-electron chi connectivity index (χ4n) is 2.44. The second-order valence-corrected chi connectivity index (χ2v) is 6.06. The van der Waals surface area contributed by atoms with Gasteiger partial charge in [0.05, 0.1) is 6.10 Å². The predicted molar refractivity (Wildman–Crippen MR) is 88.6 cm³/mol. The largest absolute Gasteiger partial charge is 0.461 e. The Morgan fingerprint density at radius 1 is 1.14 bits per heavy atom. The molecule has 1 unspecified atom stereocenters. The minimum atomic E-state index is -0.235. The Labute approximate surface area is 129 Å². The zero-order valence-electron chi connectivity index (χ0n) is 14.0. The number of hydrogen-bond donors (Lipinski definition) is 0. The minimum Gasteiger partial charge on any atom is -0.461 e. The van der Waals surface area contributed by atoms with E-state index in [2.05, 4.69) is 37.8 Å². The van der Waals surface area contributed by atoms with Crippen molar-refractivity contribution in [1.29, 1.82) is 0 Å². The molecule has 0 amide bonds. The van der Waals surface area contributed by atoms with E-state index in [4.69, 9.17) is 4.74 Å². The Hall–Kier alpha value is -1.51. The van der Waals surface area contributed by atoms with Crippen molar-refractivity contribution in [3.63, 3.8) is 0 Å². The number of nitrogens with zero attached hydrogens (tertiary/aromatic N) is 1. The van der Waals surface area contributed by atoms with Crippen LogP contribution in [0.15, 0.2) is 30.3 Å². The number of esters is 1. The topological polar surface area (TPSA) is 29.5 Å². The molecule has 0 heterocycles. The van der Waals surface area contributed by atoms with Crippen LogP contribution in [-0.4, -0.2) is 24.7 Å². The van der Waals surface area contributed by atoms with E-state index >= 15 is 0 Å². The van der Waals surface area contributed by atoms with Crippen LogP contribution in [0.5, 0.6) is 0 Å². The summed E-state index contributed by atoms with van der Waals surface area (Å²) in [6.45, 7) is 11.0. The van der Waals surface area contributed by atoms with E-state index in [0.29, 0.717) is 0 Å². The quantitative estimate of drug-likeness (QED) is 0.670. The molecule has 0 saturated carbocycles. The van der Waals surface area contributed by atoms with Crippen LogP contribution in [0.1, 0.15) is 47.5 Å². The van der Waals surface area contributed by atoms with E-state index < -0.39 is 0 Å². The Kier molecular flexibility index (Phi) is 7.27. The van der Waals surface area contributed by atoms with Crippen LogP contribution in [0.25, 0.3) is 0 Å². The maximum Gasteiger partial charge on any atom is 0.329 e. The van der Waals surface area contributed by atoms with Crippen LogP contribution < -0.4 is 4.90 Å². The van der Waals surface area contributed by atoms with Gasteiger partial charge < -0.3 is 9.64 Å². The second kappa shape index (κ2) is 8.71. The zero-order valence-corrected chi connectivity index (χ0v) is 14.0. The van der Waals surface area contributed by atoms with E-state index in [1.54, 1.807) is 0 Å². The lowest BCUT2D eigenvalue weighted by molar-refractivity contribution is -0.150. The van der Waals surface area contributed by atoms with Gasteiger partial charge in [0.2, 0.25) is 0 Å². The first-order chi connectivity index (χ1) is 9.97. The van der Waals surface area contributed by atoms with Crippen LogP contribution in [0.2, 0.25) is 0 Å². The molecule has 1 rings (SSSR count). The molecule has 118 valence electrons. The summed E-state index contributed by atoms with van der Waals surface area (Å²) in [5.41, 5.74) is 1.09. The standard InChI is InChI=1S/C18H29NO2/c1-6-7-13-19(16-11-9-8-10-12-16)17(14(2)3)18(20)21-15(4)5/h8-12,14-15,17H,6-7,13H2,1-5H3. The number of anilines is 1. The maximum absolute atomic E-state index is 12.5. The lowest BCUT2D eigenvalue weighted by Crippen LogP contribution is -2.47. The molecule has 0 aliphatic rings. The van der Waals surface area contributed by atoms with E-state index in [1.807, 2.05) is 32.0 Å². The van der Waals surface area contributed by atoms with Crippen molar-refractivity contribution >= 4 is 11.7 Å². The Morgan fingerprint density at radius 2 is 1.76 bits per heavy atom. The van der Waals surface area contributed by atoms with Gasteiger partial charge in [-0.25, -0.2) is 4.79 Å². The number of benzene rings is 1. The molecule has 21 heavy (non-hydrogen) atoms. The van der Waals surface area contributed by atoms with Gasteiger partial charge in [0.15, 0.2) is 0 Å².